The molecule has 0 rings (SSSR count). The van der Waals surface area contributed by atoms with Crippen LogP contribution in [0.25, 0.3) is 0 Å². The molecule has 0 amide bonds. The molecule has 0 aliphatic heterocycles. The van der Waals surface area contributed by atoms with Crippen LogP contribution in [0.15, 0.2) is 0 Å². The molecular weight excluding hydrogens is 113 g/mol. The maximum absolute atomic E-state index is 9.16. The predicted octanol–water partition coefficient (Wildman–Crippen LogP) is -1.44. The van der Waals surface area contributed by atoms with Crippen molar-refractivity contribution in [3.63, 3.8) is 0 Å². The molecule has 3 nitrogen and oxygen atoms in total. The molecular formula is CH4NNaO2S. The van der Waals surface area contributed by atoms with Crippen molar-refractivity contribution in [3.05, 3.63) is 0 Å². The number of hydrogen-bond acceptors (Lipinski definition) is 3. The predicted molar refractivity (Wildman–Crippen MR) is 26.2 cm³/mol. The first-order chi connectivity index (χ1) is 2.27. The first kappa shape index (κ1) is 9.80. The summed E-state index contributed by atoms with van der Waals surface area (Å²) in [6, 6.07) is 0. The molecule has 6 heavy (non-hydrogen) atoms. The molecule has 0 fully saturated rings. The molecule has 0 atom stereocenters. The SMILES string of the molecule is N=C[SH](=O)=O.[NaH]. The quantitative estimate of drug-likeness (QED) is 0.191. The molecule has 0 aliphatic rings. The van der Waals surface area contributed by atoms with Crippen LogP contribution < -0.4 is 0 Å². The Labute approximate surface area is 59.5 Å². The Bertz CT molecular complexity index is 89.7. The summed E-state index contributed by atoms with van der Waals surface area (Å²) in [6.07, 6.45) is 0. The van der Waals surface area contributed by atoms with Crippen LogP contribution in [0.4, 0.5) is 0 Å². The number of hydrogen-bond donors (Lipinski definition) is 2. The van der Waals surface area contributed by atoms with Gasteiger partial charge in [-0.3, -0.25) is 5.41 Å². The summed E-state index contributed by atoms with van der Waals surface area (Å²) in [6.45, 7) is 0. The average Bonchev–Trinajstić information content (AvgIpc) is 1.38. The third-order valence-corrected chi connectivity index (χ3v) is 0.316. The monoisotopic (exact) mass is 117 g/mol. The van der Waals surface area contributed by atoms with Gasteiger partial charge in [-0.1, -0.05) is 0 Å². The van der Waals surface area contributed by atoms with Crippen LogP contribution in [0.5, 0.6) is 0 Å². The molecule has 32 valence electrons. The fourth-order valence-electron chi connectivity index (χ4n) is 0. The van der Waals surface area contributed by atoms with E-state index in [0.717, 1.165) is 0 Å². The van der Waals surface area contributed by atoms with E-state index in [-0.39, 0.29) is 29.6 Å². The molecule has 0 heterocycles. The van der Waals surface area contributed by atoms with Crippen molar-refractivity contribution in [1.82, 2.24) is 0 Å². The van der Waals surface area contributed by atoms with Crippen LogP contribution in [-0.2, 0) is 10.7 Å². The van der Waals surface area contributed by atoms with Crippen LogP contribution >= 0.6 is 0 Å². The number of rotatable bonds is 1. The van der Waals surface area contributed by atoms with E-state index in [1.165, 1.54) is 0 Å². The third kappa shape index (κ3) is 8.82. The Balaban J connectivity index is 0. The van der Waals surface area contributed by atoms with Crippen molar-refractivity contribution in [2.75, 3.05) is 0 Å². The van der Waals surface area contributed by atoms with Crippen molar-refractivity contribution in [2.24, 2.45) is 0 Å². The molecule has 0 aliphatic carbocycles. The van der Waals surface area contributed by atoms with Gasteiger partial charge in [-0.15, -0.1) is 0 Å². The number of nitrogens with one attached hydrogen (secondary N) is 1. The molecule has 0 spiro atoms. The average molecular weight is 117 g/mol. The third-order valence-electron chi connectivity index (χ3n) is 0.105. The minimum absolute atomic E-state index is 0. The molecule has 0 saturated carbocycles. The molecule has 5 heteroatoms. The van der Waals surface area contributed by atoms with Crippen molar-refractivity contribution in [3.8, 4) is 0 Å². The Morgan fingerprint density at radius 3 is 1.67 bits per heavy atom. The van der Waals surface area contributed by atoms with Crippen LogP contribution in [0.1, 0.15) is 0 Å². The van der Waals surface area contributed by atoms with Crippen LogP contribution in [0.3, 0.4) is 0 Å². The van der Waals surface area contributed by atoms with Gasteiger partial charge in [0.05, 0.1) is 0 Å². The van der Waals surface area contributed by atoms with E-state index in [1.807, 2.05) is 0 Å². The minimum atomic E-state index is -2.56. The first-order valence-corrected chi connectivity index (χ1v) is 2.16. The topological polar surface area (TPSA) is 58.0 Å². The molecule has 0 aromatic heterocycles. The Morgan fingerprint density at radius 1 is 1.50 bits per heavy atom. The van der Waals surface area contributed by atoms with Crippen LogP contribution in [0, 0.1) is 5.41 Å². The summed E-state index contributed by atoms with van der Waals surface area (Å²) in [4.78, 5) is 0. The molecule has 0 unspecified atom stereocenters. The van der Waals surface area contributed by atoms with Gasteiger partial charge in [0.1, 0.15) is 5.55 Å². The van der Waals surface area contributed by atoms with E-state index >= 15 is 0 Å². The van der Waals surface area contributed by atoms with Crippen molar-refractivity contribution >= 4 is 45.8 Å². The summed E-state index contributed by atoms with van der Waals surface area (Å²) in [5.74, 6) is 0. The maximum atomic E-state index is 9.16. The Morgan fingerprint density at radius 2 is 1.67 bits per heavy atom. The fraction of sp³-hybridized carbons (Fsp3) is 0. The van der Waals surface area contributed by atoms with E-state index in [2.05, 4.69) is 0 Å². The summed E-state index contributed by atoms with van der Waals surface area (Å²) in [7, 11) is -2.56. The summed E-state index contributed by atoms with van der Waals surface area (Å²) >= 11 is 0. The van der Waals surface area contributed by atoms with E-state index in [0.29, 0.717) is 5.55 Å². The van der Waals surface area contributed by atoms with Crippen molar-refractivity contribution in [1.29, 1.82) is 5.41 Å². The Kier molecular flexibility index (Phi) is 9.18. The number of thiol groups is 1. The van der Waals surface area contributed by atoms with Gasteiger partial charge in [-0.05, 0) is 0 Å². The van der Waals surface area contributed by atoms with Gasteiger partial charge in [-0.2, -0.15) is 0 Å². The van der Waals surface area contributed by atoms with E-state index in [1.54, 1.807) is 0 Å². The molecule has 0 radical (unpaired) electrons. The van der Waals surface area contributed by atoms with Gasteiger partial charge in [0.2, 0.25) is 0 Å². The zero-order valence-electron chi connectivity index (χ0n) is 2.34. The van der Waals surface area contributed by atoms with Gasteiger partial charge >= 0.3 is 29.6 Å². The zero-order chi connectivity index (χ0) is 4.28. The molecule has 0 aromatic rings. The normalized spacial score (nSPS) is 6.83. The molecule has 0 saturated heterocycles. The van der Waals surface area contributed by atoms with Crippen molar-refractivity contribution in [2.45, 2.75) is 0 Å². The van der Waals surface area contributed by atoms with Gasteiger partial charge in [-0.25, -0.2) is 8.42 Å². The van der Waals surface area contributed by atoms with E-state index in [4.69, 9.17) is 13.8 Å². The Hall–Kier alpha value is 0.620. The van der Waals surface area contributed by atoms with Gasteiger partial charge in [0.15, 0.2) is 10.7 Å². The molecule has 0 bridgehead atoms. The van der Waals surface area contributed by atoms with E-state index in [9.17, 15) is 0 Å². The van der Waals surface area contributed by atoms with Gasteiger partial charge in [0.25, 0.3) is 0 Å². The van der Waals surface area contributed by atoms with Gasteiger partial charge < -0.3 is 0 Å². The second-order valence-corrected chi connectivity index (χ2v) is 1.24. The molecule has 1 N–H and O–H groups in total. The fourth-order valence-corrected chi connectivity index (χ4v) is 0. The first-order valence-electron chi connectivity index (χ1n) is 0.912. The molecule has 0 aromatic carbocycles. The summed E-state index contributed by atoms with van der Waals surface area (Å²) < 4.78 is 18.3. The van der Waals surface area contributed by atoms with Gasteiger partial charge in [0, 0.05) is 0 Å². The zero-order valence-corrected chi connectivity index (χ0v) is 3.24. The van der Waals surface area contributed by atoms with Crippen molar-refractivity contribution < 1.29 is 8.42 Å². The second-order valence-electron chi connectivity index (χ2n) is 0.414. The summed E-state index contributed by atoms with van der Waals surface area (Å²) in [5.41, 5.74) is 0.370. The van der Waals surface area contributed by atoms with Crippen LogP contribution in [-0.4, -0.2) is 43.5 Å². The van der Waals surface area contributed by atoms with Crippen LogP contribution in [0.2, 0.25) is 0 Å². The summed E-state index contributed by atoms with van der Waals surface area (Å²) in [5, 5.41) is 5.94. The second kappa shape index (κ2) is 5.62. The van der Waals surface area contributed by atoms with E-state index < -0.39 is 10.7 Å². The standard InChI is InChI=1S/CH3NO2S.Na.H/c2-1-5(3)4;;/h1-2,5H;;.